The number of amides is 1. The van der Waals surface area contributed by atoms with Gasteiger partial charge in [0.15, 0.2) is 0 Å². The largest absolute Gasteiger partial charge is 0.365 e. The number of benzene rings is 1. The molecule has 0 aliphatic carbocycles. The highest BCUT2D eigenvalue weighted by molar-refractivity contribution is 5.82. The van der Waals surface area contributed by atoms with Crippen LogP contribution in [0.3, 0.4) is 0 Å². The first-order valence-corrected chi connectivity index (χ1v) is 8.45. The van der Waals surface area contributed by atoms with E-state index < -0.39 is 0 Å². The average molecular weight is 301 g/mol. The maximum Gasteiger partial charge on any atom is 0.242 e. The van der Waals surface area contributed by atoms with Crippen molar-refractivity contribution in [2.75, 3.05) is 38.1 Å². The molecule has 120 valence electrons. The summed E-state index contributed by atoms with van der Waals surface area (Å²) in [5.74, 6) is 0.243. The second kappa shape index (κ2) is 6.69. The van der Waals surface area contributed by atoms with Gasteiger partial charge < -0.3 is 9.80 Å². The predicted molar refractivity (Wildman–Crippen MR) is 90.1 cm³/mol. The average Bonchev–Trinajstić information content (AvgIpc) is 2.48. The number of nitrogens with zero attached hydrogens (tertiary/aromatic N) is 3. The van der Waals surface area contributed by atoms with Crippen molar-refractivity contribution in [1.29, 1.82) is 0 Å². The lowest BCUT2D eigenvalue weighted by Gasteiger charge is -2.49. The number of carbonyl (C=O) groups excluding carboxylic acids is 1. The van der Waals surface area contributed by atoms with Gasteiger partial charge in [-0.15, -0.1) is 0 Å². The number of para-hydroxylation sites is 1. The number of piperidine rings is 1. The third-order valence-electron chi connectivity index (χ3n) is 5.11. The summed E-state index contributed by atoms with van der Waals surface area (Å²) in [6.45, 7) is 5.81. The third-order valence-corrected chi connectivity index (χ3v) is 5.11. The summed E-state index contributed by atoms with van der Waals surface area (Å²) in [5.41, 5.74) is 1.09. The zero-order valence-corrected chi connectivity index (χ0v) is 13.7. The van der Waals surface area contributed by atoms with Gasteiger partial charge >= 0.3 is 0 Å². The highest BCUT2D eigenvalue weighted by Crippen LogP contribution is 2.24. The van der Waals surface area contributed by atoms with Gasteiger partial charge in [0.2, 0.25) is 5.91 Å². The molecule has 0 radical (unpaired) electrons. The lowest BCUT2D eigenvalue weighted by molar-refractivity contribution is -0.138. The Morgan fingerprint density at radius 3 is 2.64 bits per heavy atom. The van der Waals surface area contributed by atoms with Crippen LogP contribution in [0.15, 0.2) is 30.3 Å². The molecule has 4 nitrogen and oxygen atoms in total. The molecule has 0 bridgehead atoms. The van der Waals surface area contributed by atoms with E-state index in [4.69, 9.17) is 0 Å². The Labute approximate surface area is 133 Å². The maximum absolute atomic E-state index is 12.4. The highest BCUT2D eigenvalue weighted by Gasteiger charge is 2.37. The van der Waals surface area contributed by atoms with Gasteiger partial charge in [-0.1, -0.05) is 24.6 Å². The smallest absolute Gasteiger partial charge is 0.242 e. The van der Waals surface area contributed by atoms with Gasteiger partial charge in [-0.25, -0.2) is 0 Å². The highest BCUT2D eigenvalue weighted by atomic mass is 16.2. The fourth-order valence-corrected chi connectivity index (χ4v) is 3.61. The molecule has 0 spiro atoms. The van der Waals surface area contributed by atoms with E-state index in [1.165, 1.54) is 25.8 Å². The molecular weight excluding hydrogens is 274 g/mol. The van der Waals surface area contributed by atoms with Gasteiger partial charge in [-0.2, -0.15) is 0 Å². The number of likely N-dealkylation sites (N-methyl/N-ethyl adjacent to an activating group) is 1. The molecule has 2 fully saturated rings. The van der Waals surface area contributed by atoms with Gasteiger partial charge in [-0.3, -0.25) is 9.69 Å². The first-order chi connectivity index (χ1) is 10.6. The number of carbonyl (C=O) groups is 1. The number of anilines is 1. The molecule has 0 unspecified atom stereocenters. The first-order valence-electron chi connectivity index (χ1n) is 8.45. The van der Waals surface area contributed by atoms with Crippen molar-refractivity contribution >= 4 is 11.6 Å². The third kappa shape index (κ3) is 3.27. The van der Waals surface area contributed by atoms with E-state index in [9.17, 15) is 4.79 Å². The Balaban J connectivity index is 1.47. The van der Waals surface area contributed by atoms with E-state index in [0.717, 1.165) is 18.8 Å². The second-order valence-corrected chi connectivity index (χ2v) is 6.73. The van der Waals surface area contributed by atoms with Gasteiger partial charge in [0.25, 0.3) is 0 Å². The van der Waals surface area contributed by atoms with Crippen LogP contribution in [-0.2, 0) is 4.79 Å². The minimum Gasteiger partial charge on any atom is -0.365 e. The minimum absolute atomic E-state index is 0.243. The van der Waals surface area contributed by atoms with Crippen LogP contribution in [0.2, 0.25) is 0 Å². The summed E-state index contributed by atoms with van der Waals surface area (Å²) in [5, 5.41) is 0. The molecular formula is C18H27N3O. The normalized spacial score (nSPS) is 23.2. The molecule has 0 N–H and O–H groups in total. The number of hydrogen-bond donors (Lipinski definition) is 0. The Morgan fingerprint density at radius 1 is 1.23 bits per heavy atom. The van der Waals surface area contributed by atoms with Gasteiger partial charge in [0.1, 0.15) is 0 Å². The van der Waals surface area contributed by atoms with Crippen LogP contribution in [0.1, 0.15) is 26.2 Å². The summed E-state index contributed by atoms with van der Waals surface area (Å²) in [6.07, 6.45) is 3.97. The van der Waals surface area contributed by atoms with E-state index in [1.54, 1.807) is 0 Å². The van der Waals surface area contributed by atoms with Crippen molar-refractivity contribution in [3.8, 4) is 0 Å². The van der Waals surface area contributed by atoms with E-state index >= 15 is 0 Å². The van der Waals surface area contributed by atoms with E-state index in [0.29, 0.717) is 18.6 Å². The fourth-order valence-electron chi connectivity index (χ4n) is 3.61. The molecule has 0 aromatic heterocycles. The molecule has 2 aliphatic rings. The summed E-state index contributed by atoms with van der Waals surface area (Å²) < 4.78 is 0. The molecule has 22 heavy (non-hydrogen) atoms. The summed E-state index contributed by atoms with van der Waals surface area (Å²) >= 11 is 0. The molecule has 2 aliphatic heterocycles. The number of rotatable bonds is 4. The van der Waals surface area contributed by atoms with Crippen LogP contribution in [0.5, 0.6) is 0 Å². The van der Waals surface area contributed by atoms with Crippen LogP contribution in [0.4, 0.5) is 5.69 Å². The molecule has 1 amide bonds. The molecule has 2 saturated heterocycles. The molecule has 1 aromatic carbocycles. The van der Waals surface area contributed by atoms with E-state index in [1.807, 2.05) is 47.2 Å². The van der Waals surface area contributed by atoms with Crippen molar-refractivity contribution in [3.63, 3.8) is 0 Å². The monoisotopic (exact) mass is 301 g/mol. The summed E-state index contributed by atoms with van der Waals surface area (Å²) in [7, 11) is 1.98. The van der Waals surface area contributed by atoms with Gasteiger partial charge in [0, 0.05) is 37.9 Å². The minimum atomic E-state index is 0.243. The molecule has 2 heterocycles. The molecule has 3 rings (SSSR count). The predicted octanol–water partition coefficient (Wildman–Crippen LogP) is 2.21. The molecule has 0 saturated carbocycles. The number of likely N-dealkylation sites (tertiary alicyclic amines) is 2. The molecule has 1 atom stereocenters. The SMILES string of the molecule is C[C@@H]1CCCCN1C1CN(C(=O)CN(C)c2ccccc2)C1. The van der Waals surface area contributed by atoms with Crippen molar-refractivity contribution in [1.82, 2.24) is 9.80 Å². The zero-order chi connectivity index (χ0) is 15.5. The van der Waals surface area contributed by atoms with Gasteiger partial charge in [-0.05, 0) is 38.4 Å². The first kappa shape index (κ1) is 15.3. The van der Waals surface area contributed by atoms with Crippen molar-refractivity contribution in [2.45, 2.75) is 38.3 Å². The van der Waals surface area contributed by atoms with Crippen molar-refractivity contribution in [2.24, 2.45) is 0 Å². The summed E-state index contributed by atoms with van der Waals surface area (Å²) in [4.78, 5) is 19.0. The van der Waals surface area contributed by atoms with Crippen LogP contribution >= 0.6 is 0 Å². The van der Waals surface area contributed by atoms with Crippen molar-refractivity contribution in [3.05, 3.63) is 30.3 Å². The van der Waals surface area contributed by atoms with E-state index in [-0.39, 0.29) is 5.91 Å². The Hall–Kier alpha value is -1.55. The maximum atomic E-state index is 12.4. The summed E-state index contributed by atoms with van der Waals surface area (Å²) in [6, 6.07) is 11.4. The molecule has 4 heteroatoms. The lowest BCUT2D eigenvalue weighted by atomic mass is 9.97. The van der Waals surface area contributed by atoms with Crippen LogP contribution in [0.25, 0.3) is 0 Å². The molecule has 1 aromatic rings. The second-order valence-electron chi connectivity index (χ2n) is 6.73. The van der Waals surface area contributed by atoms with E-state index in [2.05, 4.69) is 11.8 Å². The zero-order valence-electron chi connectivity index (χ0n) is 13.7. The quantitative estimate of drug-likeness (QED) is 0.853. The van der Waals surface area contributed by atoms with Crippen LogP contribution in [0, 0.1) is 0 Å². The standard InChI is InChI=1S/C18H27N3O/c1-15-8-6-7-11-21(15)17-12-20(13-17)18(22)14-19(2)16-9-4-3-5-10-16/h3-5,9-10,15,17H,6-8,11-14H2,1-2H3/t15-/m1/s1. The van der Waals surface area contributed by atoms with Crippen molar-refractivity contribution < 1.29 is 4.79 Å². The van der Waals surface area contributed by atoms with Crippen LogP contribution < -0.4 is 4.90 Å². The lowest BCUT2D eigenvalue weighted by Crippen LogP contribution is -2.64. The Kier molecular flexibility index (Phi) is 4.67. The Bertz CT molecular complexity index is 498. The fraction of sp³-hybridized carbons (Fsp3) is 0.611. The topological polar surface area (TPSA) is 26.8 Å². The number of hydrogen-bond acceptors (Lipinski definition) is 3. The van der Waals surface area contributed by atoms with Gasteiger partial charge in [0.05, 0.1) is 6.54 Å². The van der Waals surface area contributed by atoms with Crippen LogP contribution in [-0.4, -0.2) is 61.0 Å². The Morgan fingerprint density at radius 2 is 1.95 bits per heavy atom.